The van der Waals surface area contributed by atoms with Crippen molar-refractivity contribution in [3.8, 4) is 0 Å². The highest BCUT2D eigenvalue weighted by atomic mass is 19.4. The molecular formula is C21H31F3O2. The molecule has 0 amide bonds. The molecular weight excluding hydrogens is 341 g/mol. The first-order valence-corrected chi connectivity index (χ1v) is 9.79. The molecule has 0 spiro atoms. The molecule has 0 N–H and O–H groups in total. The van der Waals surface area contributed by atoms with E-state index in [2.05, 4.69) is 6.92 Å². The van der Waals surface area contributed by atoms with Gasteiger partial charge in [-0.05, 0) is 30.7 Å². The molecule has 0 fully saturated rings. The highest BCUT2D eigenvalue weighted by Gasteiger charge is 2.30. The molecule has 0 aliphatic carbocycles. The van der Waals surface area contributed by atoms with E-state index in [-0.39, 0.29) is 5.56 Å². The van der Waals surface area contributed by atoms with Crippen molar-refractivity contribution >= 4 is 5.97 Å². The van der Waals surface area contributed by atoms with E-state index in [0.29, 0.717) is 6.61 Å². The van der Waals surface area contributed by atoms with Gasteiger partial charge in [0, 0.05) is 0 Å². The fourth-order valence-corrected chi connectivity index (χ4v) is 2.81. The van der Waals surface area contributed by atoms with E-state index >= 15 is 0 Å². The molecule has 0 aromatic heterocycles. The van der Waals surface area contributed by atoms with Crippen LogP contribution in [0.2, 0.25) is 0 Å². The number of hydrogen-bond acceptors (Lipinski definition) is 2. The number of carbonyl (C=O) groups excluding carboxylic acids is 1. The van der Waals surface area contributed by atoms with E-state index in [0.717, 1.165) is 43.5 Å². The summed E-state index contributed by atoms with van der Waals surface area (Å²) in [6.45, 7) is 2.54. The van der Waals surface area contributed by atoms with Crippen molar-refractivity contribution in [3.63, 3.8) is 0 Å². The normalized spacial score (nSPS) is 11.5. The van der Waals surface area contributed by atoms with Crippen LogP contribution in [0, 0.1) is 0 Å². The number of rotatable bonds is 13. The van der Waals surface area contributed by atoms with Crippen LogP contribution in [-0.2, 0) is 10.9 Å². The fraction of sp³-hybridized carbons (Fsp3) is 0.667. The van der Waals surface area contributed by atoms with Gasteiger partial charge in [0.2, 0.25) is 0 Å². The number of alkyl halides is 3. The summed E-state index contributed by atoms with van der Waals surface area (Å²) in [5.41, 5.74) is -0.611. The van der Waals surface area contributed by atoms with E-state index in [1.165, 1.54) is 51.4 Å². The number of ether oxygens (including phenoxy) is 1. The summed E-state index contributed by atoms with van der Waals surface area (Å²) in [5, 5.41) is 0. The zero-order valence-electron chi connectivity index (χ0n) is 15.7. The number of esters is 1. The van der Waals surface area contributed by atoms with Gasteiger partial charge in [-0.25, -0.2) is 4.79 Å². The number of carbonyl (C=O) groups is 1. The second-order valence-corrected chi connectivity index (χ2v) is 6.75. The maximum atomic E-state index is 12.5. The van der Waals surface area contributed by atoms with Crippen molar-refractivity contribution in [1.82, 2.24) is 0 Å². The highest BCUT2D eigenvalue weighted by Crippen LogP contribution is 2.29. The average molecular weight is 372 g/mol. The van der Waals surface area contributed by atoms with Gasteiger partial charge in [0.25, 0.3) is 0 Å². The summed E-state index contributed by atoms with van der Waals surface area (Å²) in [6, 6.07) is 4.12. The molecule has 1 aromatic carbocycles. The topological polar surface area (TPSA) is 26.3 Å². The minimum absolute atomic E-state index is 0.154. The lowest BCUT2D eigenvalue weighted by Crippen LogP contribution is -2.08. The zero-order chi connectivity index (χ0) is 19.3. The van der Waals surface area contributed by atoms with Gasteiger partial charge in [0.05, 0.1) is 17.7 Å². The molecule has 5 heteroatoms. The molecule has 0 bridgehead atoms. The Labute approximate surface area is 155 Å². The predicted octanol–water partition coefficient (Wildman–Crippen LogP) is 7.17. The molecule has 0 radical (unpaired) electrons. The van der Waals surface area contributed by atoms with Crippen LogP contribution in [0.1, 0.15) is 93.5 Å². The van der Waals surface area contributed by atoms with Gasteiger partial charge in [-0.1, -0.05) is 71.1 Å². The summed E-state index contributed by atoms with van der Waals surface area (Å²) in [5.74, 6) is -0.564. The Kier molecular flexibility index (Phi) is 11.1. The van der Waals surface area contributed by atoms with Gasteiger partial charge in [-0.2, -0.15) is 13.2 Å². The van der Waals surface area contributed by atoms with Crippen LogP contribution < -0.4 is 0 Å². The third kappa shape index (κ3) is 9.83. The standard InChI is InChI=1S/C21H31F3O2/c1-2-3-4-5-6-7-8-9-10-11-12-17-26-20(25)18-13-15-19(16-14-18)21(22,23)24/h13-16H,2-12,17H2,1H3. The molecule has 0 heterocycles. The zero-order valence-corrected chi connectivity index (χ0v) is 15.7. The molecule has 0 saturated heterocycles. The van der Waals surface area contributed by atoms with E-state index in [1.54, 1.807) is 0 Å². The lowest BCUT2D eigenvalue weighted by atomic mass is 10.1. The largest absolute Gasteiger partial charge is 0.462 e. The SMILES string of the molecule is CCCCCCCCCCCCCOC(=O)c1ccc(C(F)(F)F)cc1. The summed E-state index contributed by atoms with van der Waals surface area (Å²) in [7, 11) is 0. The highest BCUT2D eigenvalue weighted by molar-refractivity contribution is 5.89. The van der Waals surface area contributed by atoms with Gasteiger partial charge >= 0.3 is 12.1 Å². The second-order valence-electron chi connectivity index (χ2n) is 6.75. The Morgan fingerprint density at radius 3 is 1.73 bits per heavy atom. The maximum absolute atomic E-state index is 12.5. The number of hydrogen-bond donors (Lipinski definition) is 0. The van der Waals surface area contributed by atoms with Crippen molar-refractivity contribution in [2.45, 2.75) is 83.7 Å². The molecule has 1 aromatic rings. The van der Waals surface area contributed by atoms with E-state index in [9.17, 15) is 18.0 Å². The minimum atomic E-state index is -4.39. The fourth-order valence-electron chi connectivity index (χ4n) is 2.81. The Morgan fingerprint density at radius 2 is 1.27 bits per heavy atom. The Bertz CT molecular complexity index is 495. The molecule has 0 aliphatic rings. The predicted molar refractivity (Wildman–Crippen MR) is 98.2 cm³/mol. The first kappa shape index (κ1) is 22.5. The van der Waals surface area contributed by atoms with E-state index < -0.39 is 17.7 Å². The van der Waals surface area contributed by atoms with Gasteiger partial charge in [0.1, 0.15) is 0 Å². The lowest BCUT2D eigenvalue weighted by Gasteiger charge is -2.08. The lowest BCUT2D eigenvalue weighted by molar-refractivity contribution is -0.137. The van der Waals surface area contributed by atoms with Gasteiger partial charge in [-0.3, -0.25) is 0 Å². The summed E-state index contributed by atoms with van der Waals surface area (Å²) >= 11 is 0. The maximum Gasteiger partial charge on any atom is 0.416 e. The third-order valence-electron chi connectivity index (χ3n) is 4.43. The van der Waals surface area contributed by atoms with Crippen LogP contribution in [0.4, 0.5) is 13.2 Å². The molecule has 2 nitrogen and oxygen atoms in total. The van der Waals surface area contributed by atoms with Gasteiger partial charge < -0.3 is 4.74 Å². The first-order chi connectivity index (χ1) is 12.4. The van der Waals surface area contributed by atoms with Crippen molar-refractivity contribution in [1.29, 1.82) is 0 Å². The van der Waals surface area contributed by atoms with Crippen molar-refractivity contribution < 1.29 is 22.7 Å². The van der Waals surface area contributed by atoms with Crippen LogP contribution in [0.15, 0.2) is 24.3 Å². The monoisotopic (exact) mass is 372 g/mol. The number of benzene rings is 1. The van der Waals surface area contributed by atoms with Crippen LogP contribution in [-0.4, -0.2) is 12.6 Å². The van der Waals surface area contributed by atoms with Crippen molar-refractivity contribution in [2.75, 3.05) is 6.61 Å². The third-order valence-corrected chi connectivity index (χ3v) is 4.43. The van der Waals surface area contributed by atoms with Crippen molar-refractivity contribution in [2.24, 2.45) is 0 Å². The Balaban J connectivity index is 2.03. The van der Waals surface area contributed by atoms with E-state index in [1.807, 2.05) is 0 Å². The molecule has 26 heavy (non-hydrogen) atoms. The van der Waals surface area contributed by atoms with Crippen LogP contribution >= 0.6 is 0 Å². The van der Waals surface area contributed by atoms with Crippen LogP contribution in [0.25, 0.3) is 0 Å². The number of halogens is 3. The molecule has 0 atom stereocenters. The quantitative estimate of drug-likeness (QED) is 0.271. The molecule has 0 aliphatic heterocycles. The first-order valence-electron chi connectivity index (χ1n) is 9.79. The van der Waals surface area contributed by atoms with Crippen LogP contribution in [0.3, 0.4) is 0 Å². The van der Waals surface area contributed by atoms with Gasteiger partial charge in [0.15, 0.2) is 0 Å². The molecule has 148 valence electrons. The Morgan fingerprint density at radius 1 is 0.808 bits per heavy atom. The smallest absolute Gasteiger partial charge is 0.416 e. The van der Waals surface area contributed by atoms with Gasteiger partial charge in [-0.15, -0.1) is 0 Å². The minimum Gasteiger partial charge on any atom is -0.462 e. The molecule has 0 unspecified atom stereocenters. The molecule has 0 saturated carbocycles. The summed E-state index contributed by atoms with van der Waals surface area (Å²) < 4.78 is 42.5. The summed E-state index contributed by atoms with van der Waals surface area (Å²) in [4.78, 5) is 11.8. The van der Waals surface area contributed by atoms with Crippen LogP contribution in [0.5, 0.6) is 0 Å². The average Bonchev–Trinajstić information content (AvgIpc) is 2.62. The Hall–Kier alpha value is -1.52. The molecule has 1 rings (SSSR count). The van der Waals surface area contributed by atoms with Crippen molar-refractivity contribution in [3.05, 3.63) is 35.4 Å². The summed E-state index contributed by atoms with van der Waals surface area (Å²) in [6.07, 6.45) is 8.95. The van der Waals surface area contributed by atoms with E-state index in [4.69, 9.17) is 4.74 Å². The number of unbranched alkanes of at least 4 members (excludes halogenated alkanes) is 10. The second kappa shape index (κ2) is 12.8.